The largest absolute Gasteiger partial charge is 0.393 e. The number of amides is 1. The summed E-state index contributed by atoms with van der Waals surface area (Å²) in [5, 5.41) is 11.7. The fourth-order valence-corrected chi connectivity index (χ4v) is 1.59. The van der Waals surface area contributed by atoms with Gasteiger partial charge in [0.05, 0.1) is 10.6 Å². The molecule has 17 heavy (non-hydrogen) atoms. The van der Waals surface area contributed by atoms with Crippen molar-refractivity contribution in [3.05, 3.63) is 34.1 Å². The van der Waals surface area contributed by atoms with Gasteiger partial charge in [0.25, 0.3) is 5.91 Å². The Balaban J connectivity index is 2.44. The summed E-state index contributed by atoms with van der Waals surface area (Å²) in [6.07, 6.45) is 0.967. The lowest BCUT2D eigenvalue weighted by molar-refractivity contribution is 0.0949. The van der Waals surface area contributed by atoms with E-state index in [-0.39, 0.29) is 12.0 Å². The third-order valence-electron chi connectivity index (χ3n) is 2.27. The molecule has 1 rings (SSSR count). The van der Waals surface area contributed by atoms with Crippen molar-refractivity contribution in [2.45, 2.75) is 25.9 Å². The molecule has 0 saturated heterocycles. The van der Waals surface area contributed by atoms with E-state index in [4.69, 9.17) is 5.11 Å². The minimum atomic E-state index is -0.457. The maximum atomic E-state index is 13.2. The molecule has 1 atom stereocenters. The predicted octanol–water partition coefficient (Wildman–Crippen LogP) is 2.48. The van der Waals surface area contributed by atoms with Crippen molar-refractivity contribution in [3.8, 4) is 0 Å². The second kappa shape index (κ2) is 6.71. The zero-order valence-corrected chi connectivity index (χ0v) is 11.1. The minimum absolute atomic E-state index is 0.294. The summed E-state index contributed by atoms with van der Waals surface area (Å²) in [6, 6.07) is 4.24. The molecule has 0 bridgehead atoms. The van der Waals surface area contributed by atoms with Crippen LogP contribution >= 0.6 is 15.9 Å². The van der Waals surface area contributed by atoms with Gasteiger partial charge in [-0.1, -0.05) is 0 Å². The van der Waals surface area contributed by atoms with Crippen molar-refractivity contribution in [3.63, 3.8) is 0 Å². The van der Waals surface area contributed by atoms with E-state index < -0.39 is 5.82 Å². The molecule has 3 nitrogen and oxygen atoms in total. The monoisotopic (exact) mass is 303 g/mol. The Morgan fingerprint density at radius 3 is 2.88 bits per heavy atom. The number of aliphatic hydroxyl groups excluding tert-OH is 1. The van der Waals surface area contributed by atoms with E-state index in [1.807, 2.05) is 0 Å². The fraction of sp³-hybridized carbons (Fsp3) is 0.417. The van der Waals surface area contributed by atoms with Gasteiger partial charge in [0, 0.05) is 12.1 Å². The van der Waals surface area contributed by atoms with E-state index in [2.05, 4.69) is 21.2 Å². The highest BCUT2D eigenvalue weighted by Crippen LogP contribution is 2.16. The number of aliphatic hydroxyl groups is 1. The molecule has 0 aromatic heterocycles. The molecular formula is C12H15BrFNO2. The highest BCUT2D eigenvalue weighted by molar-refractivity contribution is 9.10. The van der Waals surface area contributed by atoms with Gasteiger partial charge in [0.2, 0.25) is 0 Å². The second-order valence-corrected chi connectivity index (χ2v) is 4.73. The molecule has 1 amide bonds. The van der Waals surface area contributed by atoms with Gasteiger partial charge >= 0.3 is 0 Å². The molecule has 0 aliphatic rings. The van der Waals surface area contributed by atoms with E-state index in [0.29, 0.717) is 29.4 Å². The number of hydrogen-bond donors (Lipinski definition) is 2. The van der Waals surface area contributed by atoms with Crippen molar-refractivity contribution in [2.24, 2.45) is 0 Å². The van der Waals surface area contributed by atoms with Gasteiger partial charge in [0.15, 0.2) is 0 Å². The second-order valence-electron chi connectivity index (χ2n) is 3.88. The summed E-state index contributed by atoms with van der Waals surface area (Å²) in [5.41, 5.74) is 0.294. The molecule has 0 aliphatic carbocycles. The molecule has 94 valence electrons. The molecule has 1 aromatic carbocycles. The first kappa shape index (κ1) is 14.1. The van der Waals surface area contributed by atoms with Crippen molar-refractivity contribution in [1.82, 2.24) is 5.32 Å². The number of halogens is 2. The SMILES string of the molecule is CC(O)CCCNC(=O)c1ccc(Br)c(F)c1. The zero-order valence-electron chi connectivity index (χ0n) is 9.54. The van der Waals surface area contributed by atoms with Crippen molar-refractivity contribution in [2.75, 3.05) is 6.54 Å². The van der Waals surface area contributed by atoms with Crippen LogP contribution in [0.15, 0.2) is 22.7 Å². The van der Waals surface area contributed by atoms with Gasteiger partial charge in [-0.2, -0.15) is 0 Å². The fourth-order valence-electron chi connectivity index (χ4n) is 1.34. The van der Waals surface area contributed by atoms with Gasteiger partial charge in [-0.25, -0.2) is 4.39 Å². The van der Waals surface area contributed by atoms with Crippen LogP contribution in [-0.4, -0.2) is 23.7 Å². The number of carbonyl (C=O) groups excluding carboxylic acids is 1. The summed E-state index contributed by atoms with van der Waals surface area (Å²) < 4.78 is 13.5. The average molecular weight is 304 g/mol. The number of benzene rings is 1. The first-order valence-electron chi connectivity index (χ1n) is 5.42. The highest BCUT2D eigenvalue weighted by Gasteiger charge is 2.08. The van der Waals surface area contributed by atoms with E-state index in [1.165, 1.54) is 12.1 Å². The highest BCUT2D eigenvalue weighted by atomic mass is 79.9. The predicted molar refractivity (Wildman–Crippen MR) is 67.3 cm³/mol. The van der Waals surface area contributed by atoms with Gasteiger partial charge in [-0.3, -0.25) is 4.79 Å². The van der Waals surface area contributed by atoms with E-state index >= 15 is 0 Å². The van der Waals surface area contributed by atoms with Crippen LogP contribution in [0.4, 0.5) is 4.39 Å². The first-order valence-corrected chi connectivity index (χ1v) is 6.21. The smallest absolute Gasteiger partial charge is 0.251 e. The molecule has 0 fully saturated rings. The lowest BCUT2D eigenvalue weighted by atomic mass is 10.2. The maximum Gasteiger partial charge on any atom is 0.251 e. The van der Waals surface area contributed by atoms with Gasteiger partial charge in [-0.05, 0) is 53.9 Å². The van der Waals surface area contributed by atoms with Crippen molar-refractivity contribution >= 4 is 21.8 Å². The van der Waals surface area contributed by atoms with Crippen LogP contribution in [0.25, 0.3) is 0 Å². The molecule has 0 radical (unpaired) electrons. The quantitative estimate of drug-likeness (QED) is 0.821. The number of hydrogen-bond acceptors (Lipinski definition) is 2. The summed E-state index contributed by atoms with van der Waals surface area (Å²) in [5.74, 6) is -0.761. The Hall–Kier alpha value is -0.940. The van der Waals surface area contributed by atoms with Gasteiger partial charge in [0.1, 0.15) is 5.82 Å². The Morgan fingerprint density at radius 2 is 2.29 bits per heavy atom. The lowest BCUT2D eigenvalue weighted by Crippen LogP contribution is -2.25. The third-order valence-corrected chi connectivity index (χ3v) is 2.91. The number of carbonyl (C=O) groups is 1. The van der Waals surface area contributed by atoms with E-state index in [1.54, 1.807) is 13.0 Å². The summed E-state index contributed by atoms with van der Waals surface area (Å²) in [6.45, 7) is 2.17. The average Bonchev–Trinajstić information content (AvgIpc) is 2.27. The normalized spacial score (nSPS) is 12.2. The Kier molecular flexibility index (Phi) is 5.58. The molecule has 5 heteroatoms. The van der Waals surface area contributed by atoms with Crippen LogP contribution in [0.2, 0.25) is 0 Å². The van der Waals surface area contributed by atoms with Gasteiger partial charge in [-0.15, -0.1) is 0 Å². The van der Waals surface area contributed by atoms with Crippen LogP contribution in [0, 0.1) is 5.82 Å². The Morgan fingerprint density at radius 1 is 1.59 bits per heavy atom. The first-order chi connectivity index (χ1) is 8.00. The third kappa shape index (κ3) is 4.83. The Bertz CT molecular complexity index is 396. The molecule has 1 unspecified atom stereocenters. The molecule has 0 saturated carbocycles. The van der Waals surface area contributed by atoms with Crippen LogP contribution in [0.1, 0.15) is 30.1 Å². The summed E-state index contributed by atoms with van der Waals surface area (Å²) in [7, 11) is 0. The summed E-state index contributed by atoms with van der Waals surface area (Å²) >= 11 is 3.02. The van der Waals surface area contributed by atoms with Crippen LogP contribution in [0.5, 0.6) is 0 Å². The van der Waals surface area contributed by atoms with E-state index in [0.717, 1.165) is 0 Å². The standard InChI is InChI=1S/C12H15BrFNO2/c1-8(16)3-2-6-15-12(17)9-4-5-10(13)11(14)7-9/h4-5,7-8,16H,2-3,6H2,1H3,(H,15,17). The molecule has 1 aromatic rings. The Labute approximate surface area is 108 Å². The minimum Gasteiger partial charge on any atom is -0.393 e. The molecule has 2 N–H and O–H groups in total. The number of rotatable bonds is 5. The van der Waals surface area contributed by atoms with E-state index in [9.17, 15) is 9.18 Å². The molecule has 0 aliphatic heterocycles. The summed E-state index contributed by atoms with van der Waals surface area (Å²) in [4.78, 5) is 11.6. The van der Waals surface area contributed by atoms with Crippen LogP contribution in [-0.2, 0) is 0 Å². The zero-order chi connectivity index (χ0) is 12.8. The lowest BCUT2D eigenvalue weighted by Gasteiger charge is -2.07. The maximum absolute atomic E-state index is 13.2. The van der Waals surface area contributed by atoms with Crippen molar-refractivity contribution in [1.29, 1.82) is 0 Å². The molecule has 0 spiro atoms. The van der Waals surface area contributed by atoms with Crippen molar-refractivity contribution < 1.29 is 14.3 Å². The molecule has 0 heterocycles. The van der Waals surface area contributed by atoms with Crippen LogP contribution < -0.4 is 5.32 Å². The van der Waals surface area contributed by atoms with Gasteiger partial charge < -0.3 is 10.4 Å². The number of nitrogens with one attached hydrogen (secondary N) is 1. The molecular weight excluding hydrogens is 289 g/mol. The van der Waals surface area contributed by atoms with Crippen LogP contribution in [0.3, 0.4) is 0 Å². The topological polar surface area (TPSA) is 49.3 Å².